The molecule has 1 aromatic heterocycles. The molecule has 0 unspecified atom stereocenters. The van der Waals surface area contributed by atoms with Crippen LogP contribution in [-0.4, -0.2) is 21.4 Å². The first kappa shape index (κ1) is 15.4. The van der Waals surface area contributed by atoms with E-state index in [1.54, 1.807) is 6.92 Å². The maximum atomic E-state index is 12.6. The van der Waals surface area contributed by atoms with Gasteiger partial charge >= 0.3 is 5.69 Å². The predicted molar refractivity (Wildman–Crippen MR) is 86.6 cm³/mol. The van der Waals surface area contributed by atoms with Gasteiger partial charge in [-0.2, -0.15) is 0 Å². The SMILES string of the molecule is CCOc1cc2c(=O)c3ccc([N+](=O)[O-])cc3[nH]c2cc1[N+](=O)[O-]. The van der Waals surface area contributed by atoms with Crippen molar-refractivity contribution >= 4 is 33.2 Å². The Bertz CT molecular complexity index is 1060. The number of aromatic nitrogens is 1. The van der Waals surface area contributed by atoms with Crippen molar-refractivity contribution in [3.8, 4) is 5.75 Å². The van der Waals surface area contributed by atoms with Crippen LogP contribution in [0.1, 0.15) is 6.92 Å². The zero-order chi connectivity index (χ0) is 17.4. The third-order valence-corrected chi connectivity index (χ3v) is 3.57. The molecule has 1 N–H and O–H groups in total. The Morgan fingerprint density at radius 3 is 2.38 bits per heavy atom. The molecule has 0 amide bonds. The van der Waals surface area contributed by atoms with Crippen molar-refractivity contribution in [2.75, 3.05) is 6.61 Å². The maximum Gasteiger partial charge on any atom is 0.313 e. The summed E-state index contributed by atoms with van der Waals surface area (Å²) in [4.78, 5) is 36.3. The highest BCUT2D eigenvalue weighted by atomic mass is 16.6. The normalized spacial score (nSPS) is 10.9. The van der Waals surface area contributed by atoms with Crippen molar-refractivity contribution in [3.05, 3.63) is 60.8 Å². The van der Waals surface area contributed by atoms with E-state index in [0.717, 1.165) is 0 Å². The first-order valence-electron chi connectivity index (χ1n) is 6.97. The van der Waals surface area contributed by atoms with Crippen LogP contribution in [0.4, 0.5) is 11.4 Å². The molecule has 9 nitrogen and oxygen atoms in total. The maximum absolute atomic E-state index is 12.6. The summed E-state index contributed by atoms with van der Waals surface area (Å²) in [5.41, 5.74) is -0.407. The van der Waals surface area contributed by atoms with Crippen molar-refractivity contribution in [1.82, 2.24) is 4.98 Å². The highest BCUT2D eigenvalue weighted by Gasteiger charge is 2.19. The number of ether oxygens (including phenoxy) is 1. The minimum Gasteiger partial charge on any atom is -0.487 e. The molecule has 2 aromatic carbocycles. The topological polar surface area (TPSA) is 128 Å². The molecule has 0 fully saturated rings. The Hall–Kier alpha value is -3.49. The zero-order valence-electron chi connectivity index (χ0n) is 12.4. The number of nitrogens with one attached hydrogen (secondary N) is 1. The van der Waals surface area contributed by atoms with E-state index >= 15 is 0 Å². The number of pyridine rings is 1. The second-order valence-electron chi connectivity index (χ2n) is 5.00. The Balaban J connectivity index is 2.39. The molecule has 1 heterocycles. The van der Waals surface area contributed by atoms with Crippen molar-refractivity contribution in [2.45, 2.75) is 6.92 Å². The number of nitrogens with zero attached hydrogens (tertiary/aromatic N) is 2. The highest BCUT2D eigenvalue weighted by molar-refractivity contribution is 5.95. The van der Waals surface area contributed by atoms with Crippen LogP contribution in [0.15, 0.2) is 35.1 Å². The molecule has 0 radical (unpaired) electrons. The van der Waals surface area contributed by atoms with E-state index in [4.69, 9.17) is 4.74 Å². The van der Waals surface area contributed by atoms with Gasteiger partial charge in [-0.1, -0.05) is 0 Å². The second kappa shape index (κ2) is 5.61. The van der Waals surface area contributed by atoms with Gasteiger partial charge in [-0.3, -0.25) is 25.0 Å². The van der Waals surface area contributed by atoms with E-state index < -0.39 is 9.85 Å². The molecule has 9 heteroatoms. The van der Waals surface area contributed by atoms with Gasteiger partial charge in [0, 0.05) is 29.7 Å². The third-order valence-electron chi connectivity index (χ3n) is 3.57. The van der Waals surface area contributed by atoms with Gasteiger partial charge in [0.15, 0.2) is 11.2 Å². The summed E-state index contributed by atoms with van der Waals surface area (Å²) in [6.45, 7) is 1.89. The first-order chi connectivity index (χ1) is 11.4. The monoisotopic (exact) mass is 329 g/mol. The molecular weight excluding hydrogens is 318 g/mol. The number of fused-ring (bicyclic) bond motifs is 2. The summed E-state index contributed by atoms with van der Waals surface area (Å²) in [6.07, 6.45) is 0. The highest BCUT2D eigenvalue weighted by Crippen LogP contribution is 2.31. The fourth-order valence-electron chi connectivity index (χ4n) is 2.51. The van der Waals surface area contributed by atoms with Crippen LogP contribution in [0.25, 0.3) is 21.8 Å². The molecule has 0 aliphatic heterocycles. The number of hydrogen-bond donors (Lipinski definition) is 1. The van der Waals surface area contributed by atoms with Gasteiger partial charge in [-0.05, 0) is 13.0 Å². The Morgan fingerprint density at radius 1 is 1.04 bits per heavy atom. The number of nitro benzene ring substituents is 2. The predicted octanol–water partition coefficient (Wildman–Crippen LogP) is 2.90. The van der Waals surface area contributed by atoms with Crippen LogP contribution in [-0.2, 0) is 0 Å². The van der Waals surface area contributed by atoms with Crippen molar-refractivity contribution in [1.29, 1.82) is 0 Å². The summed E-state index contributed by atoms with van der Waals surface area (Å²) >= 11 is 0. The molecule has 0 saturated heterocycles. The van der Waals surface area contributed by atoms with E-state index in [-0.39, 0.29) is 51.0 Å². The summed E-state index contributed by atoms with van der Waals surface area (Å²) in [5, 5.41) is 22.5. The number of aromatic amines is 1. The molecule has 0 saturated carbocycles. The molecule has 0 spiro atoms. The number of benzene rings is 2. The average molecular weight is 329 g/mol. The quantitative estimate of drug-likeness (QED) is 0.445. The molecule has 24 heavy (non-hydrogen) atoms. The molecular formula is C15H11N3O6. The lowest BCUT2D eigenvalue weighted by Gasteiger charge is -2.07. The molecule has 0 aliphatic rings. The van der Waals surface area contributed by atoms with Gasteiger partial charge in [0.1, 0.15) is 0 Å². The van der Waals surface area contributed by atoms with E-state index in [1.165, 1.54) is 30.3 Å². The number of hydrogen-bond acceptors (Lipinski definition) is 6. The Kier molecular flexibility index (Phi) is 3.60. The molecule has 122 valence electrons. The largest absolute Gasteiger partial charge is 0.487 e. The summed E-state index contributed by atoms with van der Waals surface area (Å²) in [5.74, 6) is 0.00163. The zero-order valence-corrected chi connectivity index (χ0v) is 12.4. The lowest BCUT2D eigenvalue weighted by atomic mass is 10.1. The van der Waals surface area contributed by atoms with Crippen molar-refractivity contribution < 1.29 is 14.6 Å². The Morgan fingerprint density at radius 2 is 1.75 bits per heavy atom. The molecule has 0 bridgehead atoms. The fourth-order valence-corrected chi connectivity index (χ4v) is 2.51. The smallest absolute Gasteiger partial charge is 0.313 e. The van der Waals surface area contributed by atoms with Gasteiger partial charge in [0.2, 0.25) is 0 Å². The van der Waals surface area contributed by atoms with Crippen LogP contribution >= 0.6 is 0 Å². The Labute approximate surface area is 133 Å². The van der Waals surface area contributed by atoms with Gasteiger partial charge < -0.3 is 9.72 Å². The summed E-state index contributed by atoms with van der Waals surface area (Å²) in [7, 11) is 0. The lowest BCUT2D eigenvalue weighted by Crippen LogP contribution is -2.06. The van der Waals surface area contributed by atoms with Crippen LogP contribution in [0.2, 0.25) is 0 Å². The van der Waals surface area contributed by atoms with Crippen LogP contribution < -0.4 is 10.2 Å². The molecule has 3 aromatic rings. The van der Waals surface area contributed by atoms with Crippen molar-refractivity contribution in [2.24, 2.45) is 0 Å². The van der Waals surface area contributed by atoms with Gasteiger partial charge in [0.25, 0.3) is 5.69 Å². The third kappa shape index (κ3) is 2.41. The van der Waals surface area contributed by atoms with E-state index in [1.807, 2.05) is 0 Å². The second-order valence-corrected chi connectivity index (χ2v) is 5.00. The van der Waals surface area contributed by atoms with Crippen LogP contribution in [0.5, 0.6) is 5.75 Å². The van der Waals surface area contributed by atoms with Gasteiger partial charge in [0.05, 0.1) is 32.9 Å². The van der Waals surface area contributed by atoms with Crippen LogP contribution in [0, 0.1) is 20.2 Å². The number of H-pyrrole nitrogens is 1. The van der Waals surface area contributed by atoms with E-state index in [9.17, 15) is 25.0 Å². The average Bonchev–Trinajstić information content (AvgIpc) is 2.54. The number of non-ortho nitro benzene ring substituents is 1. The van der Waals surface area contributed by atoms with E-state index in [2.05, 4.69) is 4.98 Å². The fraction of sp³-hybridized carbons (Fsp3) is 0.133. The lowest BCUT2D eigenvalue weighted by molar-refractivity contribution is -0.385. The number of nitro groups is 2. The summed E-state index contributed by atoms with van der Waals surface area (Å²) in [6, 6.07) is 6.32. The summed E-state index contributed by atoms with van der Waals surface area (Å²) < 4.78 is 5.24. The minimum atomic E-state index is -0.611. The molecule has 3 rings (SSSR count). The number of rotatable bonds is 4. The standard InChI is InChI=1S/C15H11N3O6/c1-2-24-14-6-10-12(7-13(14)18(22)23)16-11-5-8(17(20)21)3-4-9(11)15(10)19/h3-7H,2H2,1H3,(H,16,19). The van der Waals surface area contributed by atoms with Crippen molar-refractivity contribution in [3.63, 3.8) is 0 Å². The van der Waals surface area contributed by atoms with Gasteiger partial charge in [-0.25, -0.2) is 0 Å². The molecule has 0 atom stereocenters. The molecule has 0 aliphatic carbocycles. The van der Waals surface area contributed by atoms with Gasteiger partial charge in [-0.15, -0.1) is 0 Å². The first-order valence-corrected chi connectivity index (χ1v) is 6.97. The van der Waals surface area contributed by atoms with Crippen LogP contribution in [0.3, 0.4) is 0 Å². The minimum absolute atomic E-state index is 0.00163. The van der Waals surface area contributed by atoms with E-state index in [0.29, 0.717) is 0 Å².